The summed E-state index contributed by atoms with van der Waals surface area (Å²) in [6.45, 7) is 4.71. The summed E-state index contributed by atoms with van der Waals surface area (Å²) in [6.07, 6.45) is 0.455. The van der Waals surface area contributed by atoms with E-state index in [1.807, 2.05) is 12.1 Å². The van der Waals surface area contributed by atoms with Crippen LogP contribution in [0, 0.1) is 5.92 Å². The van der Waals surface area contributed by atoms with Crippen molar-refractivity contribution in [2.75, 3.05) is 13.7 Å². The highest BCUT2D eigenvalue weighted by atomic mass is 16.5. The molecule has 0 spiro atoms. The van der Waals surface area contributed by atoms with Gasteiger partial charge >= 0.3 is 5.97 Å². The Bertz CT molecular complexity index is 542. The van der Waals surface area contributed by atoms with Gasteiger partial charge in [-0.05, 0) is 17.0 Å². The Balaban J connectivity index is 2.03. The highest BCUT2D eigenvalue weighted by molar-refractivity contribution is 5.69. The molecule has 23 heavy (non-hydrogen) atoms. The van der Waals surface area contributed by atoms with Crippen LogP contribution in [0.3, 0.4) is 0 Å². The van der Waals surface area contributed by atoms with E-state index in [0.717, 1.165) is 19.6 Å². The van der Waals surface area contributed by atoms with E-state index in [4.69, 9.17) is 4.74 Å². The van der Waals surface area contributed by atoms with Gasteiger partial charge in [-0.2, -0.15) is 0 Å². The molecule has 0 aliphatic carbocycles. The van der Waals surface area contributed by atoms with Gasteiger partial charge in [-0.25, -0.2) is 0 Å². The Hall–Kier alpha value is -2.13. The van der Waals surface area contributed by atoms with Crippen LogP contribution >= 0.6 is 0 Å². The van der Waals surface area contributed by atoms with Gasteiger partial charge in [0.2, 0.25) is 0 Å². The minimum atomic E-state index is -0.142. The van der Waals surface area contributed by atoms with Crippen LogP contribution in [0.4, 0.5) is 0 Å². The van der Waals surface area contributed by atoms with Crippen LogP contribution in [0.5, 0.6) is 0 Å². The number of methoxy groups -OCH3 is 1. The van der Waals surface area contributed by atoms with Crippen molar-refractivity contribution in [3.63, 3.8) is 0 Å². The number of ether oxygens (including phenoxy) is 1. The molecule has 122 valence electrons. The maximum atomic E-state index is 11.5. The zero-order valence-electron chi connectivity index (χ0n) is 13.9. The first-order valence-electron chi connectivity index (χ1n) is 8.04. The molecule has 0 unspecified atom stereocenters. The van der Waals surface area contributed by atoms with Crippen molar-refractivity contribution in [3.05, 3.63) is 71.8 Å². The van der Waals surface area contributed by atoms with E-state index in [-0.39, 0.29) is 11.9 Å². The molecule has 0 aromatic heterocycles. The van der Waals surface area contributed by atoms with Crippen LogP contribution in [0.15, 0.2) is 60.7 Å². The van der Waals surface area contributed by atoms with Crippen LogP contribution in [-0.2, 0) is 22.6 Å². The van der Waals surface area contributed by atoms with E-state index in [0.29, 0.717) is 6.42 Å². The molecule has 0 radical (unpaired) electrons. The highest BCUT2D eigenvalue weighted by Crippen LogP contribution is 2.14. The van der Waals surface area contributed by atoms with Crippen molar-refractivity contribution in [1.29, 1.82) is 0 Å². The Morgan fingerprint density at radius 2 is 1.43 bits per heavy atom. The van der Waals surface area contributed by atoms with E-state index in [1.54, 1.807) is 0 Å². The summed E-state index contributed by atoms with van der Waals surface area (Å²) in [4.78, 5) is 13.9. The number of benzene rings is 2. The van der Waals surface area contributed by atoms with Crippen molar-refractivity contribution in [2.45, 2.75) is 26.4 Å². The topological polar surface area (TPSA) is 29.5 Å². The minimum Gasteiger partial charge on any atom is -0.469 e. The Labute approximate surface area is 138 Å². The van der Waals surface area contributed by atoms with Gasteiger partial charge < -0.3 is 4.74 Å². The number of rotatable bonds is 8. The van der Waals surface area contributed by atoms with Gasteiger partial charge in [0.1, 0.15) is 0 Å². The minimum absolute atomic E-state index is 0.142. The van der Waals surface area contributed by atoms with E-state index in [9.17, 15) is 4.79 Å². The van der Waals surface area contributed by atoms with E-state index in [1.165, 1.54) is 18.2 Å². The maximum Gasteiger partial charge on any atom is 0.305 e. The number of esters is 1. The SMILES string of the molecule is COC(=O)C[C@H](C)CN(Cc1ccccc1)Cc1ccccc1. The number of hydrogen-bond acceptors (Lipinski definition) is 3. The first-order valence-corrected chi connectivity index (χ1v) is 8.04. The summed E-state index contributed by atoms with van der Waals surface area (Å²) in [5.74, 6) is 0.117. The third-order valence-corrected chi connectivity index (χ3v) is 3.81. The largest absolute Gasteiger partial charge is 0.469 e. The molecule has 3 heteroatoms. The highest BCUT2D eigenvalue weighted by Gasteiger charge is 2.15. The zero-order valence-corrected chi connectivity index (χ0v) is 13.9. The molecule has 0 N–H and O–H groups in total. The second-order valence-corrected chi connectivity index (χ2v) is 6.03. The molecule has 0 saturated heterocycles. The molecule has 0 saturated carbocycles. The van der Waals surface area contributed by atoms with Gasteiger partial charge in [-0.1, -0.05) is 67.6 Å². The van der Waals surface area contributed by atoms with Crippen LogP contribution in [0.2, 0.25) is 0 Å². The van der Waals surface area contributed by atoms with Crippen LogP contribution in [0.1, 0.15) is 24.5 Å². The molecule has 0 aliphatic rings. The lowest BCUT2D eigenvalue weighted by molar-refractivity contribution is -0.141. The number of hydrogen-bond donors (Lipinski definition) is 0. The maximum absolute atomic E-state index is 11.5. The summed E-state index contributed by atoms with van der Waals surface area (Å²) < 4.78 is 4.78. The smallest absolute Gasteiger partial charge is 0.305 e. The molecule has 3 nitrogen and oxygen atoms in total. The number of carbonyl (C=O) groups excluding carboxylic acids is 1. The fourth-order valence-electron chi connectivity index (χ4n) is 2.74. The second kappa shape index (κ2) is 9.11. The lowest BCUT2D eigenvalue weighted by Gasteiger charge is -2.25. The fourth-order valence-corrected chi connectivity index (χ4v) is 2.74. The predicted molar refractivity (Wildman–Crippen MR) is 92.8 cm³/mol. The van der Waals surface area contributed by atoms with Crippen molar-refractivity contribution in [2.24, 2.45) is 5.92 Å². The second-order valence-electron chi connectivity index (χ2n) is 6.03. The molecule has 2 aromatic carbocycles. The molecule has 0 heterocycles. The molecule has 2 aromatic rings. The average Bonchev–Trinajstić information content (AvgIpc) is 2.56. The molecular weight excluding hydrogens is 286 g/mol. The lowest BCUT2D eigenvalue weighted by Crippen LogP contribution is -2.29. The van der Waals surface area contributed by atoms with Gasteiger partial charge in [0.25, 0.3) is 0 Å². The molecular formula is C20H25NO2. The van der Waals surface area contributed by atoms with E-state index in [2.05, 4.69) is 60.4 Å². The Morgan fingerprint density at radius 1 is 0.957 bits per heavy atom. The first-order chi connectivity index (χ1) is 11.2. The third-order valence-electron chi connectivity index (χ3n) is 3.81. The molecule has 0 amide bonds. The van der Waals surface area contributed by atoms with Crippen LogP contribution < -0.4 is 0 Å². The quantitative estimate of drug-likeness (QED) is 0.693. The lowest BCUT2D eigenvalue weighted by atomic mass is 10.1. The summed E-state index contributed by atoms with van der Waals surface area (Å²) in [5.41, 5.74) is 2.57. The molecule has 0 fully saturated rings. The van der Waals surface area contributed by atoms with Gasteiger partial charge in [0.15, 0.2) is 0 Å². The summed E-state index contributed by atoms with van der Waals surface area (Å²) in [6, 6.07) is 20.9. The average molecular weight is 311 g/mol. The molecule has 0 aliphatic heterocycles. The predicted octanol–water partition coefficient (Wildman–Crippen LogP) is 3.89. The number of carbonyl (C=O) groups is 1. The van der Waals surface area contributed by atoms with E-state index >= 15 is 0 Å². The van der Waals surface area contributed by atoms with Crippen molar-refractivity contribution < 1.29 is 9.53 Å². The van der Waals surface area contributed by atoms with E-state index < -0.39 is 0 Å². The zero-order chi connectivity index (χ0) is 16.5. The van der Waals surface area contributed by atoms with Crippen LogP contribution in [-0.4, -0.2) is 24.5 Å². The summed E-state index contributed by atoms with van der Waals surface area (Å²) in [5, 5.41) is 0. The standard InChI is InChI=1S/C20H25NO2/c1-17(13-20(22)23-2)14-21(15-18-9-5-3-6-10-18)16-19-11-7-4-8-12-19/h3-12,17H,13-16H2,1-2H3/t17-/m0/s1. The van der Waals surface area contributed by atoms with Crippen LogP contribution in [0.25, 0.3) is 0 Å². The van der Waals surface area contributed by atoms with Gasteiger partial charge in [0, 0.05) is 26.1 Å². The summed E-state index contributed by atoms with van der Waals surface area (Å²) >= 11 is 0. The van der Waals surface area contributed by atoms with Gasteiger partial charge in [-0.15, -0.1) is 0 Å². The molecule has 1 atom stereocenters. The molecule has 2 rings (SSSR count). The Kier molecular flexibility index (Phi) is 6.82. The monoisotopic (exact) mass is 311 g/mol. The third kappa shape index (κ3) is 6.25. The van der Waals surface area contributed by atoms with Gasteiger partial charge in [0.05, 0.1) is 7.11 Å². The molecule has 0 bridgehead atoms. The summed E-state index contributed by atoms with van der Waals surface area (Å²) in [7, 11) is 1.45. The first kappa shape index (κ1) is 17.2. The fraction of sp³-hybridized carbons (Fsp3) is 0.350. The van der Waals surface area contributed by atoms with Crippen molar-refractivity contribution >= 4 is 5.97 Å². The van der Waals surface area contributed by atoms with Crippen molar-refractivity contribution in [1.82, 2.24) is 4.90 Å². The van der Waals surface area contributed by atoms with Gasteiger partial charge in [-0.3, -0.25) is 9.69 Å². The normalized spacial score (nSPS) is 12.1. The Morgan fingerprint density at radius 3 is 1.87 bits per heavy atom. The number of nitrogens with zero attached hydrogens (tertiary/aromatic N) is 1. The van der Waals surface area contributed by atoms with Crippen molar-refractivity contribution in [3.8, 4) is 0 Å².